The number of carboxylic acids is 2. The van der Waals surface area contributed by atoms with Gasteiger partial charge in [-0.3, -0.25) is 0 Å². The van der Waals surface area contributed by atoms with Gasteiger partial charge in [0, 0.05) is 13.0 Å². The van der Waals surface area contributed by atoms with Crippen molar-refractivity contribution in [3.05, 3.63) is 0 Å². The van der Waals surface area contributed by atoms with Crippen molar-refractivity contribution >= 4 is 11.9 Å². The van der Waals surface area contributed by atoms with Crippen LogP contribution in [0.4, 0.5) is 0 Å². The first kappa shape index (κ1) is 17.8. The van der Waals surface area contributed by atoms with E-state index < -0.39 is 48.6 Å². The number of aliphatic hydroxyl groups excluding tert-OH is 2. The summed E-state index contributed by atoms with van der Waals surface area (Å²) in [6, 6.07) is 0. The Bertz CT molecular complexity index is 358. The van der Waals surface area contributed by atoms with Crippen molar-refractivity contribution in [2.24, 2.45) is 5.92 Å². The summed E-state index contributed by atoms with van der Waals surface area (Å²) in [5, 5.41) is 37.2. The molecule has 4 N–H and O–H groups in total. The van der Waals surface area contributed by atoms with E-state index in [2.05, 4.69) is 0 Å². The summed E-state index contributed by atoms with van der Waals surface area (Å²) in [6.45, 7) is 1.39. The molecule has 0 spiro atoms. The minimum atomic E-state index is -2.02. The number of methoxy groups -OCH3 is 1. The second-order valence-corrected chi connectivity index (χ2v) is 4.72. The van der Waals surface area contributed by atoms with Gasteiger partial charge in [0.2, 0.25) is 0 Å². The molecular weight excluding hydrogens is 288 g/mol. The van der Waals surface area contributed by atoms with Crippen molar-refractivity contribution in [3.8, 4) is 0 Å². The standard InChI is InChI=1S/C12H20O9/c1-3-5-6(4-20-9(10(15)16)11(17)18)21-12(19-2)8(14)7(5)13/h5-9,12-14H,3-4H2,1-2H3,(H,15,16)(H,17,18)/t5-,6?,7+,8?,12-/m1/s1. The van der Waals surface area contributed by atoms with E-state index in [4.69, 9.17) is 24.4 Å². The molecule has 0 aromatic rings. The molecule has 122 valence electrons. The van der Waals surface area contributed by atoms with E-state index in [0.29, 0.717) is 6.42 Å². The molecule has 1 fully saturated rings. The van der Waals surface area contributed by atoms with Crippen LogP contribution in [-0.2, 0) is 23.8 Å². The van der Waals surface area contributed by atoms with Gasteiger partial charge >= 0.3 is 11.9 Å². The molecule has 1 saturated heterocycles. The summed E-state index contributed by atoms with van der Waals surface area (Å²) in [5.74, 6) is -3.79. The Morgan fingerprint density at radius 2 is 1.76 bits per heavy atom. The van der Waals surface area contributed by atoms with Crippen LogP contribution in [0.2, 0.25) is 0 Å². The van der Waals surface area contributed by atoms with Gasteiger partial charge in [-0.2, -0.15) is 0 Å². The highest BCUT2D eigenvalue weighted by Gasteiger charge is 2.44. The monoisotopic (exact) mass is 308 g/mol. The third kappa shape index (κ3) is 4.11. The van der Waals surface area contributed by atoms with E-state index >= 15 is 0 Å². The van der Waals surface area contributed by atoms with Crippen LogP contribution in [0.25, 0.3) is 0 Å². The Balaban J connectivity index is 2.74. The molecule has 0 saturated carbocycles. The molecule has 0 radical (unpaired) electrons. The van der Waals surface area contributed by atoms with Gasteiger partial charge in [-0.1, -0.05) is 6.92 Å². The van der Waals surface area contributed by atoms with Gasteiger partial charge < -0.3 is 34.6 Å². The van der Waals surface area contributed by atoms with Gasteiger partial charge in [0.15, 0.2) is 6.29 Å². The molecule has 0 bridgehead atoms. The zero-order valence-electron chi connectivity index (χ0n) is 11.7. The number of rotatable bonds is 7. The van der Waals surface area contributed by atoms with Gasteiger partial charge in [-0.05, 0) is 6.42 Å². The van der Waals surface area contributed by atoms with Gasteiger partial charge in [0.25, 0.3) is 6.10 Å². The molecular formula is C12H20O9. The van der Waals surface area contributed by atoms with Gasteiger partial charge in [0.05, 0.1) is 18.8 Å². The van der Waals surface area contributed by atoms with Crippen molar-refractivity contribution in [3.63, 3.8) is 0 Å². The Morgan fingerprint density at radius 1 is 1.19 bits per heavy atom. The summed E-state index contributed by atoms with van der Waals surface area (Å²) >= 11 is 0. The SMILES string of the molecule is CC[C@@H]1C(COC(C(=O)O)C(=O)O)O[C@@H](OC)C(O)[C@H]1O. The van der Waals surface area contributed by atoms with Crippen LogP contribution in [0, 0.1) is 5.92 Å². The van der Waals surface area contributed by atoms with Gasteiger partial charge in [0.1, 0.15) is 6.10 Å². The van der Waals surface area contributed by atoms with Crippen molar-refractivity contribution < 1.29 is 44.2 Å². The number of aliphatic carboxylic acids is 2. The Kier molecular flexibility index (Phi) is 6.49. The van der Waals surface area contributed by atoms with Crippen molar-refractivity contribution in [1.82, 2.24) is 0 Å². The van der Waals surface area contributed by atoms with E-state index in [1.54, 1.807) is 6.92 Å². The lowest BCUT2D eigenvalue weighted by molar-refractivity contribution is -0.286. The first-order chi connectivity index (χ1) is 9.83. The average molecular weight is 308 g/mol. The minimum absolute atomic E-state index is 0.356. The van der Waals surface area contributed by atoms with E-state index in [9.17, 15) is 19.8 Å². The number of carboxylic acid groups (broad SMARTS) is 2. The zero-order valence-corrected chi connectivity index (χ0v) is 11.7. The largest absolute Gasteiger partial charge is 0.479 e. The van der Waals surface area contributed by atoms with E-state index in [1.807, 2.05) is 0 Å². The van der Waals surface area contributed by atoms with Crippen LogP contribution in [-0.4, -0.2) is 76.8 Å². The normalized spacial score (nSPS) is 33.1. The Morgan fingerprint density at radius 3 is 2.19 bits per heavy atom. The molecule has 0 aromatic heterocycles. The van der Waals surface area contributed by atoms with Crippen LogP contribution in [0.1, 0.15) is 13.3 Å². The number of hydrogen-bond donors (Lipinski definition) is 4. The van der Waals surface area contributed by atoms with E-state index in [0.717, 1.165) is 0 Å². The molecule has 9 nitrogen and oxygen atoms in total. The van der Waals surface area contributed by atoms with E-state index in [-0.39, 0.29) is 6.61 Å². The maximum absolute atomic E-state index is 10.7. The summed E-state index contributed by atoms with van der Waals surface area (Å²) in [6.07, 6.45) is -5.87. The lowest BCUT2D eigenvalue weighted by atomic mass is 9.87. The molecule has 9 heteroatoms. The maximum atomic E-state index is 10.7. The molecule has 0 aliphatic carbocycles. The smallest absolute Gasteiger partial charge is 0.344 e. The molecule has 0 amide bonds. The molecule has 1 aliphatic heterocycles. The molecule has 1 heterocycles. The van der Waals surface area contributed by atoms with Gasteiger partial charge in [-0.25, -0.2) is 9.59 Å². The number of aliphatic hydroxyl groups is 2. The molecule has 0 aromatic carbocycles. The first-order valence-corrected chi connectivity index (χ1v) is 6.45. The second kappa shape index (κ2) is 7.66. The molecule has 1 rings (SSSR count). The highest BCUT2D eigenvalue weighted by atomic mass is 16.7. The lowest BCUT2D eigenvalue weighted by Crippen LogP contribution is -2.56. The lowest BCUT2D eigenvalue weighted by Gasteiger charge is -2.42. The molecule has 2 unspecified atom stereocenters. The molecule has 1 aliphatic rings. The fourth-order valence-corrected chi connectivity index (χ4v) is 2.29. The number of carbonyl (C=O) groups is 2. The van der Waals surface area contributed by atoms with Crippen LogP contribution >= 0.6 is 0 Å². The summed E-state index contributed by atoms with van der Waals surface area (Å²) in [4.78, 5) is 21.5. The van der Waals surface area contributed by atoms with Crippen molar-refractivity contribution in [2.75, 3.05) is 13.7 Å². The minimum Gasteiger partial charge on any atom is -0.479 e. The van der Waals surface area contributed by atoms with E-state index in [1.165, 1.54) is 7.11 Å². The van der Waals surface area contributed by atoms with Crippen LogP contribution in [0.15, 0.2) is 0 Å². The van der Waals surface area contributed by atoms with Gasteiger partial charge in [-0.15, -0.1) is 0 Å². The first-order valence-electron chi connectivity index (χ1n) is 6.45. The second-order valence-electron chi connectivity index (χ2n) is 4.72. The number of hydrogen-bond acceptors (Lipinski definition) is 7. The quantitative estimate of drug-likeness (QED) is 0.420. The van der Waals surface area contributed by atoms with Crippen molar-refractivity contribution in [2.45, 2.75) is 44.1 Å². The predicted octanol–water partition coefficient (Wildman–Crippen LogP) is -1.34. The van der Waals surface area contributed by atoms with Crippen LogP contribution < -0.4 is 0 Å². The van der Waals surface area contributed by atoms with Crippen LogP contribution in [0.3, 0.4) is 0 Å². The zero-order chi connectivity index (χ0) is 16.2. The fraction of sp³-hybridized carbons (Fsp3) is 0.833. The fourth-order valence-electron chi connectivity index (χ4n) is 2.29. The number of ether oxygens (including phenoxy) is 3. The van der Waals surface area contributed by atoms with Crippen molar-refractivity contribution in [1.29, 1.82) is 0 Å². The maximum Gasteiger partial charge on any atom is 0.344 e. The summed E-state index contributed by atoms with van der Waals surface area (Å²) in [5.41, 5.74) is 0. The highest BCUT2D eigenvalue weighted by molar-refractivity contribution is 5.95. The average Bonchev–Trinajstić information content (AvgIpc) is 2.42. The summed E-state index contributed by atoms with van der Waals surface area (Å²) in [7, 11) is 1.28. The molecule has 21 heavy (non-hydrogen) atoms. The topological polar surface area (TPSA) is 143 Å². The highest BCUT2D eigenvalue weighted by Crippen LogP contribution is 2.29. The van der Waals surface area contributed by atoms with Crippen LogP contribution in [0.5, 0.6) is 0 Å². The molecule has 5 atom stereocenters. The summed E-state index contributed by atoms with van der Waals surface area (Å²) < 4.78 is 15.1. The third-order valence-electron chi connectivity index (χ3n) is 3.43. The third-order valence-corrected chi connectivity index (χ3v) is 3.43. The predicted molar refractivity (Wildman–Crippen MR) is 66.5 cm³/mol. The Hall–Kier alpha value is -1.26. The Labute approximate surface area is 121 Å².